The summed E-state index contributed by atoms with van der Waals surface area (Å²) in [6, 6.07) is 18.5. The Morgan fingerprint density at radius 2 is 1.66 bits per heavy atom. The monoisotopic (exact) mass is 639 g/mol. The van der Waals surface area contributed by atoms with Crippen molar-refractivity contribution < 1.29 is 28.6 Å². The lowest BCUT2D eigenvalue weighted by Gasteiger charge is -2.24. The number of halogens is 1. The zero-order valence-electron chi connectivity index (χ0n) is 22.9. The number of hydrogen-bond donors (Lipinski definition) is 1. The van der Waals surface area contributed by atoms with Gasteiger partial charge < -0.3 is 24.4 Å². The molecule has 2 amide bonds. The molecule has 1 unspecified atom stereocenters. The minimum absolute atomic E-state index is 0.0988. The quantitative estimate of drug-likeness (QED) is 0.225. The summed E-state index contributed by atoms with van der Waals surface area (Å²) < 4.78 is 16.7. The topological polar surface area (TPSA) is 97.4 Å². The first kappa shape index (κ1) is 30.0. The number of hydrogen-bond acceptors (Lipinski definition) is 7. The van der Waals surface area contributed by atoms with Crippen LogP contribution in [-0.2, 0) is 20.7 Å². The molecular formula is C30H30BrN3O6S. The second-order valence-electron chi connectivity index (χ2n) is 9.13. The maximum absolute atomic E-state index is 13.8. The lowest BCUT2D eigenvalue weighted by atomic mass is 10.1. The van der Waals surface area contributed by atoms with E-state index >= 15 is 0 Å². The number of amides is 2. The molecule has 0 spiro atoms. The van der Waals surface area contributed by atoms with Gasteiger partial charge in [0.25, 0.3) is 5.91 Å². The molecule has 11 heteroatoms. The van der Waals surface area contributed by atoms with Gasteiger partial charge in [0, 0.05) is 16.7 Å². The van der Waals surface area contributed by atoms with Gasteiger partial charge in [0.1, 0.15) is 6.04 Å². The second-order valence-corrected chi connectivity index (χ2v) is 10.4. The van der Waals surface area contributed by atoms with E-state index in [0.29, 0.717) is 41.4 Å². The molecule has 4 rings (SSSR count). The third kappa shape index (κ3) is 7.04. The van der Waals surface area contributed by atoms with Crippen molar-refractivity contribution in [3.8, 4) is 11.5 Å². The fraction of sp³-hybridized carbons (Fsp3) is 0.267. The fourth-order valence-electron chi connectivity index (χ4n) is 4.49. The van der Waals surface area contributed by atoms with Crippen LogP contribution in [0.5, 0.6) is 11.5 Å². The summed E-state index contributed by atoms with van der Waals surface area (Å²) in [5, 5.41) is 3.14. The van der Waals surface area contributed by atoms with E-state index in [9.17, 15) is 14.4 Å². The van der Waals surface area contributed by atoms with Crippen LogP contribution in [0, 0.1) is 0 Å². The van der Waals surface area contributed by atoms with Crippen LogP contribution in [0.3, 0.4) is 0 Å². The largest absolute Gasteiger partial charge is 0.493 e. The van der Waals surface area contributed by atoms with Crippen LogP contribution >= 0.6 is 28.1 Å². The zero-order valence-corrected chi connectivity index (χ0v) is 25.3. The van der Waals surface area contributed by atoms with Crippen LogP contribution in [0.15, 0.2) is 71.2 Å². The molecular weight excluding hydrogens is 610 g/mol. The van der Waals surface area contributed by atoms with E-state index in [4.69, 9.17) is 26.4 Å². The number of carbonyl (C=O) groups excluding carboxylic acids is 3. The van der Waals surface area contributed by atoms with E-state index in [1.165, 1.54) is 4.90 Å². The predicted molar refractivity (Wildman–Crippen MR) is 164 cm³/mol. The minimum atomic E-state index is -0.817. The molecule has 1 N–H and O–H groups in total. The van der Waals surface area contributed by atoms with E-state index in [1.807, 2.05) is 30.3 Å². The SMILES string of the molecule is CCOC(=O)c1ccc(N2C(=O)C(CC(=O)Nc3ccc(Br)cc3)N(CCc3ccc(OC)c(OC)c3)C2=S)cc1. The van der Waals surface area contributed by atoms with Gasteiger partial charge in [-0.15, -0.1) is 0 Å². The van der Waals surface area contributed by atoms with Gasteiger partial charge in [-0.1, -0.05) is 22.0 Å². The lowest BCUT2D eigenvalue weighted by Crippen LogP contribution is -2.39. The molecule has 214 valence electrons. The maximum Gasteiger partial charge on any atom is 0.338 e. The van der Waals surface area contributed by atoms with Crippen LogP contribution < -0.4 is 19.7 Å². The van der Waals surface area contributed by atoms with Crippen molar-refractivity contribution in [3.63, 3.8) is 0 Å². The van der Waals surface area contributed by atoms with Crippen LogP contribution in [0.4, 0.5) is 11.4 Å². The Hall–Kier alpha value is -3.96. The molecule has 1 fully saturated rings. The summed E-state index contributed by atoms with van der Waals surface area (Å²) in [7, 11) is 3.14. The zero-order chi connectivity index (χ0) is 29.5. The normalized spacial score (nSPS) is 14.7. The number of anilines is 2. The van der Waals surface area contributed by atoms with Crippen molar-refractivity contribution in [2.75, 3.05) is 37.6 Å². The maximum atomic E-state index is 13.8. The van der Waals surface area contributed by atoms with Crippen molar-refractivity contribution in [1.82, 2.24) is 4.90 Å². The summed E-state index contributed by atoms with van der Waals surface area (Å²) >= 11 is 9.17. The van der Waals surface area contributed by atoms with E-state index < -0.39 is 12.0 Å². The smallest absolute Gasteiger partial charge is 0.338 e. The Bertz CT molecular complexity index is 1430. The van der Waals surface area contributed by atoms with Crippen LogP contribution in [-0.4, -0.2) is 61.2 Å². The number of benzene rings is 3. The molecule has 1 aliphatic heterocycles. The molecule has 1 aliphatic rings. The Morgan fingerprint density at radius 1 is 0.976 bits per heavy atom. The Kier molecular flexibility index (Phi) is 9.95. The Morgan fingerprint density at radius 3 is 2.29 bits per heavy atom. The Balaban J connectivity index is 1.57. The van der Waals surface area contributed by atoms with Gasteiger partial charge in [-0.25, -0.2) is 4.79 Å². The van der Waals surface area contributed by atoms with Crippen LogP contribution in [0.2, 0.25) is 0 Å². The molecule has 3 aromatic carbocycles. The number of nitrogens with zero attached hydrogens (tertiary/aromatic N) is 2. The van der Waals surface area contributed by atoms with Crippen molar-refractivity contribution in [3.05, 3.63) is 82.3 Å². The highest BCUT2D eigenvalue weighted by molar-refractivity contribution is 9.10. The van der Waals surface area contributed by atoms with E-state index in [0.717, 1.165) is 10.0 Å². The van der Waals surface area contributed by atoms with Gasteiger partial charge >= 0.3 is 5.97 Å². The average Bonchev–Trinajstić information content (AvgIpc) is 3.20. The summed E-state index contributed by atoms with van der Waals surface area (Å²) in [6.07, 6.45) is 0.437. The molecule has 3 aromatic rings. The van der Waals surface area contributed by atoms with E-state index in [-0.39, 0.29) is 30.0 Å². The molecule has 1 heterocycles. The summed E-state index contributed by atoms with van der Waals surface area (Å²) in [4.78, 5) is 42.1. The molecule has 0 aromatic heterocycles. The Labute approximate surface area is 252 Å². The third-order valence-electron chi connectivity index (χ3n) is 6.55. The highest BCUT2D eigenvalue weighted by Crippen LogP contribution is 2.30. The standard InChI is InChI=1S/C30H30BrN3O6S/c1-4-40-29(37)20-6-12-23(13-7-20)34-28(36)24(18-27(35)32-22-10-8-21(31)9-11-22)33(30(34)41)16-15-19-5-14-25(38-2)26(17-19)39-3/h5-14,17,24H,4,15-16,18H2,1-3H3,(H,32,35). The first-order valence-corrected chi connectivity index (χ1v) is 14.1. The number of thiocarbonyl (C=S) groups is 1. The number of methoxy groups -OCH3 is 2. The summed E-state index contributed by atoms with van der Waals surface area (Å²) in [5.74, 6) is 0.122. The number of rotatable bonds is 11. The lowest BCUT2D eigenvalue weighted by molar-refractivity contribution is -0.124. The summed E-state index contributed by atoms with van der Waals surface area (Å²) in [6.45, 7) is 2.37. The summed E-state index contributed by atoms with van der Waals surface area (Å²) in [5.41, 5.74) is 2.44. The van der Waals surface area contributed by atoms with E-state index in [2.05, 4.69) is 21.2 Å². The van der Waals surface area contributed by atoms with Crippen molar-refractivity contribution in [1.29, 1.82) is 0 Å². The van der Waals surface area contributed by atoms with Gasteiger partial charge in [-0.2, -0.15) is 0 Å². The van der Waals surface area contributed by atoms with Crippen LogP contribution in [0.1, 0.15) is 29.3 Å². The number of nitrogens with one attached hydrogen (secondary N) is 1. The average molecular weight is 641 g/mol. The molecule has 0 radical (unpaired) electrons. The van der Waals surface area contributed by atoms with Gasteiger partial charge in [-0.05, 0) is 91.8 Å². The molecule has 9 nitrogen and oxygen atoms in total. The second kappa shape index (κ2) is 13.6. The van der Waals surface area contributed by atoms with Gasteiger partial charge in [0.2, 0.25) is 5.91 Å². The molecule has 0 saturated carbocycles. The highest BCUT2D eigenvalue weighted by Gasteiger charge is 2.44. The highest BCUT2D eigenvalue weighted by atomic mass is 79.9. The number of esters is 1. The van der Waals surface area contributed by atoms with Gasteiger partial charge in [0.05, 0.1) is 38.5 Å². The number of ether oxygens (including phenoxy) is 3. The third-order valence-corrected chi connectivity index (χ3v) is 7.50. The van der Waals surface area contributed by atoms with Gasteiger partial charge in [-0.3, -0.25) is 14.5 Å². The van der Waals surface area contributed by atoms with Crippen molar-refractivity contribution >= 4 is 62.4 Å². The van der Waals surface area contributed by atoms with Crippen molar-refractivity contribution in [2.45, 2.75) is 25.8 Å². The molecule has 1 saturated heterocycles. The predicted octanol–water partition coefficient (Wildman–Crippen LogP) is 5.22. The molecule has 0 aliphatic carbocycles. The van der Waals surface area contributed by atoms with Crippen LogP contribution in [0.25, 0.3) is 0 Å². The molecule has 1 atom stereocenters. The minimum Gasteiger partial charge on any atom is -0.493 e. The van der Waals surface area contributed by atoms with Gasteiger partial charge in [0.15, 0.2) is 16.6 Å². The molecule has 41 heavy (non-hydrogen) atoms. The van der Waals surface area contributed by atoms with E-state index in [1.54, 1.807) is 62.4 Å². The van der Waals surface area contributed by atoms with Crippen molar-refractivity contribution in [2.24, 2.45) is 0 Å². The fourth-order valence-corrected chi connectivity index (χ4v) is 5.17. The molecule has 0 bridgehead atoms. The number of carbonyl (C=O) groups is 3. The first-order valence-electron chi connectivity index (χ1n) is 12.9. The first-order chi connectivity index (χ1) is 19.7.